The Morgan fingerprint density at radius 3 is 2.60 bits per heavy atom. The van der Waals surface area contributed by atoms with E-state index < -0.39 is 0 Å². The minimum absolute atomic E-state index is 0.151. The lowest BCUT2D eigenvalue weighted by atomic mass is 9.94. The second-order valence-corrected chi connectivity index (χ2v) is 6.73. The Morgan fingerprint density at radius 1 is 1.30 bits per heavy atom. The van der Waals surface area contributed by atoms with E-state index in [2.05, 4.69) is 54.1 Å². The monoisotopic (exact) mass is 273 g/mol. The fraction of sp³-hybridized carbons (Fsp3) is 0.647. The zero-order valence-electron chi connectivity index (χ0n) is 12.8. The van der Waals surface area contributed by atoms with Gasteiger partial charge in [-0.25, -0.2) is 0 Å². The van der Waals surface area contributed by atoms with Gasteiger partial charge in [0.2, 0.25) is 0 Å². The molecule has 2 atom stereocenters. The number of nitrogens with two attached hydrogens (primary N) is 1. The van der Waals surface area contributed by atoms with Gasteiger partial charge in [0.25, 0.3) is 0 Å². The second kappa shape index (κ2) is 5.47. The van der Waals surface area contributed by atoms with E-state index in [9.17, 15) is 0 Å². The molecule has 3 nitrogen and oxygen atoms in total. The average molecular weight is 273 g/mol. The number of hydrogen-bond acceptors (Lipinski definition) is 3. The van der Waals surface area contributed by atoms with E-state index in [0.717, 1.165) is 25.7 Å². The standard InChI is InChI=1S/C17H27N3/c1-14-10-17(12-18,13-20(14)16-8-9-16)19(2)11-15-6-4-3-5-7-15/h3-7,14,16H,8-13,18H2,1-2H3. The van der Waals surface area contributed by atoms with Crippen LogP contribution in [0.5, 0.6) is 0 Å². The van der Waals surface area contributed by atoms with Gasteiger partial charge in [-0.15, -0.1) is 0 Å². The van der Waals surface area contributed by atoms with Crippen molar-refractivity contribution in [3.05, 3.63) is 35.9 Å². The average Bonchev–Trinajstić information content (AvgIpc) is 3.24. The zero-order valence-corrected chi connectivity index (χ0v) is 12.8. The largest absolute Gasteiger partial charge is 0.329 e. The maximum absolute atomic E-state index is 6.20. The van der Waals surface area contributed by atoms with Crippen molar-refractivity contribution in [1.29, 1.82) is 0 Å². The molecule has 2 fully saturated rings. The lowest BCUT2D eigenvalue weighted by molar-refractivity contribution is 0.120. The number of nitrogens with zero attached hydrogens (tertiary/aromatic N) is 2. The number of hydrogen-bond donors (Lipinski definition) is 1. The van der Waals surface area contributed by atoms with Crippen LogP contribution in [0.25, 0.3) is 0 Å². The molecule has 0 bridgehead atoms. The molecular weight excluding hydrogens is 246 g/mol. The molecule has 1 heterocycles. The van der Waals surface area contributed by atoms with Crippen LogP contribution in [-0.4, -0.2) is 47.6 Å². The molecule has 0 aromatic heterocycles. The highest BCUT2D eigenvalue weighted by molar-refractivity contribution is 5.16. The first kappa shape index (κ1) is 14.1. The topological polar surface area (TPSA) is 32.5 Å². The molecule has 1 aromatic rings. The fourth-order valence-corrected chi connectivity index (χ4v) is 3.73. The minimum Gasteiger partial charge on any atom is -0.329 e. The Bertz CT molecular complexity index is 443. The van der Waals surface area contributed by atoms with E-state index in [4.69, 9.17) is 5.73 Å². The van der Waals surface area contributed by atoms with Crippen LogP contribution in [0.3, 0.4) is 0 Å². The van der Waals surface area contributed by atoms with E-state index >= 15 is 0 Å². The third-order valence-electron chi connectivity index (χ3n) is 5.19. The van der Waals surface area contributed by atoms with Crippen LogP contribution >= 0.6 is 0 Å². The van der Waals surface area contributed by atoms with Crippen LogP contribution < -0.4 is 5.73 Å². The first-order valence-corrected chi connectivity index (χ1v) is 7.85. The normalized spacial score (nSPS) is 31.1. The van der Waals surface area contributed by atoms with Gasteiger partial charge in [0.05, 0.1) is 0 Å². The van der Waals surface area contributed by atoms with Gasteiger partial charge < -0.3 is 5.73 Å². The van der Waals surface area contributed by atoms with Crippen molar-refractivity contribution >= 4 is 0 Å². The maximum Gasteiger partial charge on any atom is 0.0473 e. The van der Waals surface area contributed by atoms with Crippen molar-refractivity contribution in [2.24, 2.45) is 5.73 Å². The fourth-order valence-electron chi connectivity index (χ4n) is 3.73. The molecule has 20 heavy (non-hydrogen) atoms. The van der Waals surface area contributed by atoms with E-state index in [-0.39, 0.29) is 5.54 Å². The maximum atomic E-state index is 6.20. The summed E-state index contributed by atoms with van der Waals surface area (Å²) >= 11 is 0. The molecular formula is C17H27N3. The quantitative estimate of drug-likeness (QED) is 0.891. The Hall–Kier alpha value is -0.900. The molecule has 1 aliphatic heterocycles. The molecule has 1 aromatic carbocycles. The second-order valence-electron chi connectivity index (χ2n) is 6.73. The minimum atomic E-state index is 0.151. The lowest BCUT2D eigenvalue weighted by Gasteiger charge is -2.38. The van der Waals surface area contributed by atoms with Gasteiger partial charge in [-0.05, 0) is 38.8 Å². The summed E-state index contributed by atoms with van der Waals surface area (Å²) in [6, 6.07) is 12.2. The van der Waals surface area contributed by atoms with Gasteiger partial charge in [-0.1, -0.05) is 30.3 Å². The van der Waals surface area contributed by atoms with Gasteiger partial charge in [0.1, 0.15) is 0 Å². The Labute approximate surface area is 122 Å². The Kier molecular flexibility index (Phi) is 3.85. The summed E-state index contributed by atoms with van der Waals surface area (Å²) < 4.78 is 0. The first-order chi connectivity index (χ1) is 9.64. The third kappa shape index (κ3) is 2.62. The van der Waals surface area contributed by atoms with Crippen LogP contribution in [0.15, 0.2) is 30.3 Å². The highest BCUT2D eigenvalue weighted by atomic mass is 15.3. The molecule has 0 radical (unpaired) electrons. The van der Waals surface area contributed by atoms with E-state index in [1.165, 1.54) is 24.8 Å². The summed E-state index contributed by atoms with van der Waals surface area (Å²) in [5.74, 6) is 0. The Balaban J connectivity index is 1.72. The van der Waals surface area contributed by atoms with Gasteiger partial charge in [0.15, 0.2) is 0 Å². The van der Waals surface area contributed by atoms with Crippen LogP contribution in [-0.2, 0) is 6.54 Å². The zero-order chi connectivity index (χ0) is 14.2. The lowest BCUT2D eigenvalue weighted by Crippen LogP contribution is -2.53. The highest BCUT2D eigenvalue weighted by Crippen LogP contribution is 2.39. The number of likely N-dealkylation sites (tertiary alicyclic amines) is 1. The van der Waals surface area contributed by atoms with Crippen molar-refractivity contribution in [2.45, 2.75) is 50.4 Å². The van der Waals surface area contributed by atoms with Crippen molar-refractivity contribution < 1.29 is 0 Å². The summed E-state index contributed by atoms with van der Waals surface area (Å²) in [6.45, 7) is 5.25. The SMILES string of the molecule is CC1CC(CN)(N(C)Cc2ccccc2)CN1C1CC1. The molecule has 2 aliphatic rings. The number of rotatable bonds is 5. The van der Waals surface area contributed by atoms with E-state index in [1.54, 1.807) is 0 Å². The molecule has 2 unspecified atom stereocenters. The van der Waals surface area contributed by atoms with Gasteiger partial charge in [-0.2, -0.15) is 0 Å². The first-order valence-electron chi connectivity index (χ1n) is 7.85. The molecule has 2 N–H and O–H groups in total. The highest BCUT2D eigenvalue weighted by Gasteiger charge is 2.48. The number of benzene rings is 1. The summed E-state index contributed by atoms with van der Waals surface area (Å²) in [6.07, 6.45) is 3.96. The molecule has 110 valence electrons. The predicted molar refractivity (Wildman–Crippen MR) is 83.5 cm³/mol. The predicted octanol–water partition coefficient (Wildman–Crippen LogP) is 2.07. The molecule has 3 heteroatoms. The molecule has 1 aliphatic carbocycles. The van der Waals surface area contributed by atoms with Crippen molar-refractivity contribution in [3.8, 4) is 0 Å². The summed E-state index contributed by atoms with van der Waals surface area (Å²) in [7, 11) is 2.24. The van der Waals surface area contributed by atoms with Crippen LogP contribution in [0.4, 0.5) is 0 Å². The van der Waals surface area contributed by atoms with Gasteiger partial charge in [0, 0.05) is 37.3 Å². The summed E-state index contributed by atoms with van der Waals surface area (Å²) in [5.41, 5.74) is 7.73. The van der Waals surface area contributed by atoms with Crippen molar-refractivity contribution in [1.82, 2.24) is 9.80 Å². The van der Waals surface area contributed by atoms with Crippen molar-refractivity contribution in [3.63, 3.8) is 0 Å². The third-order valence-corrected chi connectivity index (χ3v) is 5.19. The van der Waals surface area contributed by atoms with E-state index in [1.807, 2.05) is 0 Å². The van der Waals surface area contributed by atoms with E-state index in [0.29, 0.717) is 6.04 Å². The van der Waals surface area contributed by atoms with Gasteiger partial charge >= 0.3 is 0 Å². The molecule has 0 amide bonds. The molecule has 1 saturated carbocycles. The van der Waals surface area contributed by atoms with Crippen LogP contribution in [0.2, 0.25) is 0 Å². The van der Waals surface area contributed by atoms with Crippen molar-refractivity contribution in [2.75, 3.05) is 20.1 Å². The molecule has 1 saturated heterocycles. The smallest absolute Gasteiger partial charge is 0.0473 e. The molecule has 3 rings (SSSR count). The summed E-state index contributed by atoms with van der Waals surface area (Å²) in [5, 5.41) is 0. The summed E-state index contributed by atoms with van der Waals surface area (Å²) in [4.78, 5) is 5.18. The Morgan fingerprint density at radius 2 is 2.00 bits per heavy atom. The van der Waals surface area contributed by atoms with Crippen LogP contribution in [0, 0.1) is 0 Å². The molecule has 0 spiro atoms. The van der Waals surface area contributed by atoms with Gasteiger partial charge in [-0.3, -0.25) is 9.80 Å². The number of likely N-dealkylation sites (N-methyl/N-ethyl adjacent to an activating group) is 1. The van der Waals surface area contributed by atoms with Crippen LogP contribution in [0.1, 0.15) is 31.7 Å².